The Kier molecular flexibility index (Phi) is 3.99. The van der Waals surface area contributed by atoms with Gasteiger partial charge in [-0.25, -0.2) is 0 Å². The molecule has 0 aliphatic rings. The quantitative estimate of drug-likeness (QED) is 0.718. The minimum Gasteiger partial charge on any atom is -0.399 e. The third-order valence-corrected chi connectivity index (χ3v) is 3.99. The van der Waals surface area contributed by atoms with Crippen molar-refractivity contribution in [3.8, 4) is 11.1 Å². The number of benzene rings is 2. The molecule has 0 spiro atoms. The van der Waals surface area contributed by atoms with E-state index in [-0.39, 0.29) is 10.8 Å². The molecule has 0 amide bonds. The normalized spacial score (nSPS) is 12.5. The van der Waals surface area contributed by atoms with E-state index in [0.29, 0.717) is 0 Å². The van der Waals surface area contributed by atoms with Crippen LogP contribution in [-0.4, -0.2) is 0 Å². The molecule has 2 aromatic carbocycles. The molecule has 0 saturated carbocycles. The van der Waals surface area contributed by atoms with Crippen LogP contribution in [0.5, 0.6) is 0 Å². The fourth-order valence-electron chi connectivity index (χ4n) is 2.83. The molecule has 2 aromatic rings. The summed E-state index contributed by atoms with van der Waals surface area (Å²) in [4.78, 5) is 0. The number of nitrogens with two attached hydrogens (primary N) is 2. The zero-order valence-corrected chi connectivity index (χ0v) is 14.6. The van der Waals surface area contributed by atoms with Gasteiger partial charge in [-0.15, -0.1) is 0 Å². The zero-order valence-electron chi connectivity index (χ0n) is 14.6. The van der Waals surface area contributed by atoms with Gasteiger partial charge < -0.3 is 11.5 Å². The number of hydrogen-bond acceptors (Lipinski definition) is 2. The van der Waals surface area contributed by atoms with E-state index in [1.807, 2.05) is 12.1 Å². The van der Waals surface area contributed by atoms with Crippen LogP contribution in [0.15, 0.2) is 36.4 Å². The Bertz CT molecular complexity index is 624. The van der Waals surface area contributed by atoms with E-state index in [2.05, 4.69) is 65.8 Å². The summed E-state index contributed by atoms with van der Waals surface area (Å²) < 4.78 is 0. The molecule has 0 atom stereocenters. The summed E-state index contributed by atoms with van der Waals surface area (Å²) in [5, 5.41) is 0. The monoisotopic (exact) mass is 296 g/mol. The van der Waals surface area contributed by atoms with Gasteiger partial charge in [0.1, 0.15) is 0 Å². The van der Waals surface area contributed by atoms with Crippen molar-refractivity contribution in [3.05, 3.63) is 47.5 Å². The number of nitrogen functional groups attached to an aromatic ring is 2. The van der Waals surface area contributed by atoms with Crippen LogP contribution in [0.2, 0.25) is 0 Å². The van der Waals surface area contributed by atoms with E-state index in [9.17, 15) is 0 Å². The maximum Gasteiger partial charge on any atom is 0.0317 e. The summed E-state index contributed by atoms with van der Waals surface area (Å²) in [6.45, 7) is 13.3. The van der Waals surface area contributed by atoms with Crippen LogP contribution >= 0.6 is 0 Å². The highest BCUT2D eigenvalue weighted by molar-refractivity contribution is 5.76. The van der Waals surface area contributed by atoms with Gasteiger partial charge in [0.25, 0.3) is 0 Å². The van der Waals surface area contributed by atoms with Gasteiger partial charge in [0.2, 0.25) is 0 Å². The Morgan fingerprint density at radius 1 is 0.591 bits per heavy atom. The Hall–Kier alpha value is -1.96. The third kappa shape index (κ3) is 3.27. The molecule has 0 bridgehead atoms. The fourth-order valence-corrected chi connectivity index (χ4v) is 2.83. The van der Waals surface area contributed by atoms with Crippen LogP contribution in [0.1, 0.15) is 52.7 Å². The highest BCUT2D eigenvalue weighted by Gasteiger charge is 2.24. The maximum atomic E-state index is 6.03. The van der Waals surface area contributed by atoms with E-state index in [0.717, 1.165) is 11.4 Å². The smallest absolute Gasteiger partial charge is 0.0317 e. The van der Waals surface area contributed by atoms with E-state index >= 15 is 0 Å². The first-order chi connectivity index (χ1) is 10.00. The van der Waals surface area contributed by atoms with Crippen molar-refractivity contribution in [2.24, 2.45) is 0 Å². The average molecular weight is 296 g/mol. The molecule has 0 heterocycles. The molecule has 0 aliphatic heterocycles. The minimum atomic E-state index is 0.0290. The zero-order chi connectivity index (χ0) is 16.7. The van der Waals surface area contributed by atoms with Gasteiger partial charge in [0.15, 0.2) is 0 Å². The first-order valence-electron chi connectivity index (χ1n) is 7.80. The SMILES string of the molecule is CC(C)(C)c1cc(N)ccc1-c1ccc(N)cc1C(C)(C)C. The van der Waals surface area contributed by atoms with Gasteiger partial charge in [0, 0.05) is 11.4 Å². The van der Waals surface area contributed by atoms with Crippen LogP contribution < -0.4 is 11.5 Å². The minimum absolute atomic E-state index is 0.0290. The molecule has 0 unspecified atom stereocenters. The molecule has 0 saturated heterocycles. The summed E-state index contributed by atoms with van der Waals surface area (Å²) in [7, 11) is 0. The maximum absolute atomic E-state index is 6.03. The van der Waals surface area contributed by atoms with E-state index in [1.54, 1.807) is 0 Å². The molecule has 0 aliphatic carbocycles. The second kappa shape index (κ2) is 5.35. The van der Waals surface area contributed by atoms with Gasteiger partial charge >= 0.3 is 0 Å². The fraction of sp³-hybridized carbons (Fsp3) is 0.400. The lowest BCUT2D eigenvalue weighted by atomic mass is 9.76. The lowest BCUT2D eigenvalue weighted by molar-refractivity contribution is 0.585. The van der Waals surface area contributed by atoms with Crippen LogP contribution in [0.4, 0.5) is 11.4 Å². The first-order valence-corrected chi connectivity index (χ1v) is 7.80. The Morgan fingerprint density at radius 2 is 0.909 bits per heavy atom. The van der Waals surface area contributed by atoms with Crippen LogP contribution in [0, 0.1) is 0 Å². The van der Waals surface area contributed by atoms with E-state index in [1.165, 1.54) is 22.3 Å². The van der Waals surface area contributed by atoms with Crippen molar-refractivity contribution in [3.63, 3.8) is 0 Å². The Balaban J connectivity index is 2.78. The lowest BCUT2D eigenvalue weighted by Gasteiger charge is -2.28. The molecule has 22 heavy (non-hydrogen) atoms. The molecular formula is C20H28N2. The number of hydrogen-bond donors (Lipinski definition) is 2. The topological polar surface area (TPSA) is 52.0 Å². The third-order valence-electron chi connectivity index (χ3n) is 3.99. The molecule has 2 heteroatoms. The average Bonchev–Trinajstić information content (AvgIpc) is 2.37. The molecule has 118 valence electrons. The molecule has 4 N–H and O–H groups in total. The Morgan fingerprint density at radius 3 is 1.18 bits per heavy atom. The first kappa shape index (κ1) is 16.4. The predicted molar refractivity (Wildman–Crippen MR) is 98.1 cm³/mol. The summed E-state index contributed by atoms with van der Waals surface area (Å²) in [6.07, 6.45) is 0. The van der Waals surface area contributed by atoms with Gasteiger partial charge in [-0.2, -0.15) is 0 Å². The molecule has 0 radical (unpaired) electrons. The summed E-state index contributed by atoms with van der Waals surface area (Å²) in [5.41, 5.74) is 18.7. The molecule has 2 nitrogen and oxygen atoms in total. The molecule has 2 rings (SSSR count). The predicted octanol–water partition coefficient (Wildman–Crippen LogP) is 5.11. The van der Waals surface area contributed by atoms with Gasteiger partial charge in [0.05, 0.1) is 0 Å². The second-order valence-corrected chi connectivity index (χ2v) is 8.11. The van der Waals surface area contributed by atoms with Gasteiger partial charge in [-0.05, 0) is 57.3 Å². The van der Waals surface area contributed by atoms with Crippen molar-refractivity contribution >= 4 is 11.4 Å². The van der Waals surface area contributed by atoms with E-state index < -0.39 is 0 Å². The summed E-state index contributed by atoms with van der Waals surface area (Å²) in [5.74, 6) is 0. The highest BCUT2D eigenvalue weighted by atomic mass is 14.6. The van der Waals surface area contributed by atoms with Crippen molar-refractivity contribution in [2.75, 3.05) is 11.5 Å². The second-order valence-electron chi connectivity index (χ2n) is 8.11. The highest BCUT2D eigenvalue weighted by Crippen LogP contribution is 2.40. The van der Waals surface area contributed by atoms with E-state index in [4.69, 9.17) is 11.5 Å². The van der Waals surface area contributed by atoms with Gasteiger partial charge in [-0.1, -0.05) is 53.7 Å². The van der Waals surface area contributed by atoms with Crippen LogP contribution in [0.25, 0.3) is 11.1 Å². The van der Waals surface area contributed by atoms with Crippen LogP contribution in [0.3, 0.4) is 0 Å². The largest absolute Gasteiger partial charge is 0.399 e. The van der Waals surface area contributed by atoms with Gasteiger partial charge in [-0.3, -0.25) is 0 Å². The number of anilines is 2. The van der Waals surface area contributed by atoms with Crippen molar-refractivity contribution in [1.29, 1.82) is 0 Å². The standard InChI is InChI=1S/C20H28N2/c1-19(2,3)17-11-13(21)7-9-15(17)16-10-8-14(22)12-18(16)20(4,5)6/h7-12H,21-22H2,1-6H3. The number of rotatable bonds is 1. The molecular weight excluding hydrogens is 268 g/mol. The Labute approximate surface area is 134 Å². The van der Waals surface area contributed by atoms with Crippen molar-refractivity contribution in [2.45, 2.75) is 52.4 Å². The molecule has 0 aromatic heterocycles. The van der Waals surface area contributed by atoms with Crippen molar-refractivity contribution < 1.29 is 0 Å². The molecule has 0 fully saturated rings. The summed E-state index contributed by atoms with van der Waals surface area (Å²) >= 11 is 0. The van der Waals surface area contributed by atoms with Crippen molar-refractivity contribution in [1.82, 2.24) is 0 Å². The summed E-state index contributed by atoms with van der Waals surface area (Å²) in [6, 6.07) is 12.4. The van der Waals surface area contributed by atoms with Crippen LogP contribution in [-0.2, 0) is 10.8 Å². The lowest BCUT2D eigenvalue weighted by Crippen LogP contribution is -2.17.